The smallest absolute Gasteiger partial charge is 0.243 e. The van der Waals surface area contributed by atoms with Gasteiger partial charge in [-0.25, -0.2) is 8.42 Å². The standard InChI is InChI=1S/C26H29N5O4S2/c1-4-22(36-26-29-28-23-16-18(3)21-7-5-6-17(2)24(21)31(23)26)25(32)27-19-8-10-20(11-9-19)37(33,34)30-12-14-35-15-13-30/h5-11,16,22H,4,12-15H2,1-3H3,(H,27,32). The molecule has 1 aliphatic rings. The van der Waals surface area contributed by atoms with Crippen LogP contribution in [0.4, 0.5) is 5.69 Å². The first-order chi connectivity index (χ1) is 17.8. The summed E-state index contributed by atoms with van der Waals surface area (Å²) in [6.45, 7) is 7.51. The normalized spacial score (nSPS) is 15.8. The number of benzene rings is 2. The number of fused-ring (bicyclic) bond motifs is 3. The van der Waals surface area contributed by atoms with Crippen LogP contribution in [0.5, 0.6) is 0 Å². The van der Waals surface area contributed by atoms with Crippen LogP contribution in [0.2, 0.25) is 0 Å². The molecule has 194 valence electrons. The molecule has 0 bridgehead atoms. The van der Waals surface area contributed by atoms with Crippen LogP contribution in [-0.2, 0) is 19.6 Å². The summed E-state index contributed by atoms with van der Waals surface area (Å²) in [4.78, 5) is 13.4. The summed E-state index contributed by atoms with van der Waals surface area (Å²) >= 11 is 1.37. The number of morpholine rings is 1. The minimum absolute atomic E-state index is 0.179. The zero-order chi connectivity index (χ0) is 26.2. The van der Waals surface area contributed by atoms with Crippen LogP contribution < -0.4 is 5.32 Å². The molecule has 1 unspecified atom stereocenters. The van der Waals surface area contributed by atoms with Gasteiger partial charge in [-0.2, -0.15) is 4.31 Å². The van der Waals surface area contributed by atoms with Crippen molar-refractivity contribution in [2.24, 2.45) is 0 Å². The molecule has 0 saturated carbocycles. The van der Waals surface area contributed by atoms with E-state index in [2.05, 4.69) is 41.5 Å². The van der Waals surface area contributed by atoms with Crippen molar-refractivity contribution in [2.45, 2.75) is 42.5 Å². The molecule has 11 heteroatoms. The lowest BCUT2D eigenvalue weighted by Gasteiger charge is -2.26. The quantitative estimate of drug-likeness (QED) is 0.354. The SMILES string of the molecule is CCC(Sc1nnc2cc(C)c3cccc(C)c3n12)C(=O)Nc1ccc(S(=O)(=O)N2CCOCC2)cc1. The minimum atomic E-state index is -3.59. The predicted molar refractivity (Wildman–Crippen MR) is 145 cm³/mol. The van der Waals surface area contributed by atoms with Crippen molar-refractivity contribution in [3.05, 3.63) is 59.7 Å². The number of para-hydroxylation sites is 1. The molecule has 9 nitrogen and oxygen atoms in total. The number of nitrogens with zero attached hydrogens (tertiary/aromatic N) is 4. The number of aryl methyl sites for hydroxylation is 2. The second-order valence-corrected chi connectivity index (χ2v) is 12.1. The van der Waals surface area contributed by atoms with Gasteiger partial charge in [-0.3, -0.25) is 9.20 Å². The molecule has 4 aromatic rings. The van der Waals surface area contributed by atoms with Crippen LogP contribution in [0, 0.1) is 13.8 Å². The van der Waals surface area contributed by atoms with Gasteiger partial charge in [0, 0.05) is 24.2 Å². The van der Waals surface area contributed by atoms with Gasteiger partial charge >= 0.3 is 0 Å². The number of pyridine rings is 1. The molecule has 0 aliphatic carbocycles. The highest BCUT2D eigenvalue weighted by Gasteiger charge is 2.27. The Morgan fingerprint density at radius 1 is 1.08 bits per heavy atom. The third-order valence-corrected chi connectivity index (χ3v) is 9.75. The van der Waals surface area contributed by atoms with E-state index in [1.165, 1.54) is 28.2 Å². The lowest BCUT2D eigenvalue weighted by Crippen LogP contribution is -2.40. The van der Waals surface area contributed by atoms with Gasteiger partial charge in [-0.05, 0) is 61.7 Å². The number of ether oxygens (including phenoxy) is 1. The fourth-order valence-electron chi connectivity index (χ4n) is 4.53. The van der Waals surface area contributed by atoms with Gasteiger partial charge in [-0.1, -0.05) is 36.9 Å². The Morgan fingerprint density at radius 2 is 1.81 bits per heavy atom. The highest BCUT2D eigenvalue weighted by molar-refractivity contribution is 8.00. The number of anilines is 1. The predicted octanol–water partition coefficient (Wildman–Crippen LogP) is 4.03. The van der Waals surface area contributed by atoms with Crippen LogP contribution in [0.1, 0.15) is 24.5 Å². The number of thioether (sulfide) groups is 1. The van der Waals surface area contributed by atoms with E-state index in [4.69, 9.17) is 4.74 Å². The largest absolute Gasteiger partial charge is 0.379 e. The molecule has 1 saturated heterocycles. The van der Waals surface area contributed by atoms with Crippen molar-refractivity contribution < 1.29 is 17.9 Å². The number of carbonyl (C=O) groups is 1. The maximum atomic E-state index is 13.2. The van der Waals surface area contributed by atoms with Crippen LogP contribution >= 0.6 is 11.8 Å². The molecule has 2 aromatic carbocycles. The average Bonchev–Trinajstić information content (AvgIpc) is 3.30. The molecule has 0 radical (unpaired) electrons. The lowest BCUT2D eigenvalue weighted by molar-refractivity contribution is -0.115. The molecule has 1 aliphatic heterocycles. The summed E-state index contributed by atoms with van der Waals surface area (Å²) in [6.07, 6.45) is 0.581. The second kappa shape index (κ2) is 10.4. The summed E-state index contributed by atoms with van der Waals surface area (Å²) in [5.41, 5.74) is 4.55. The highest BCUT2D eigenvalue weighted by Crippen LogP contribution is 2.31. The molecule has 1 fully saturated rings. The molecule has 3 heterocycles. The number of nitrogens with one attached hydrogen (secondary N) is 1. The molecule has 1 atom stereocenters. The number of hydrogen-bond acceptors (Lipinski definition) is 7. The van der Waals surface area contributed by atoms with Crippen LogP contribution in [0.3, 0.4) is 0 Å². The van der Waals surface area contributed by atoms with E-state index in [1.807, 2.05) is 23.5 Å². The Hall–Kier alpha value is -2.99. The average molecular weight is 540 g/mol. The summed E-state index contributed by atoms with van der Waals surface area (Å²) in [5.74, 6) is -0.179. The Kier molecular flexibility index (Phi) is 7.21. The Balaban J connectivity index is 1.35. The van der Waals surface area contributed by atoms with Gasteiger partial charge in [0.15, 0.2) is 10.8 Å². The first-order valence-corrected chi connectivity index (χ1v) is 14.5. The van der Waals surface area contributed by atoms with Crippen LogP contribution in [-0.4, -0.2) is 64.8 Å². The molecule has 5 rings (SSSR count). The maximum Gasteiger partial charge on any atom is 0.243 e. The van der Waals surface area contributed by atoms with Gasteiger partial charge in [0.25, 0.3) is 0 Å². The number of carbonyl (C=O) groups excluding carboxylic acids is 1. The summed E-state index contributed by atoms with van der Waals surface area (Å²) < 4.78 is 34.4. The fraction of sp³-hybridized carbons (Fsp3) is 0.346. The van der Waals surface area contributed by atoms with Crippen molar-refractivity contribution in [3.63, 3.8) is 0 Å². The van der Waals surface area contributed by atoms with Crippen molar-refractivity contribution in [3.8, 4) is 0 Å². The van der Waals surface area contributed by atoms with E-state index in [0.717, 1.165) is 27.7 Å². The molecule has 37 heavy (non-hydrogen) atoms. The summed E-state index contributed by atoms with van der Waals surface area (Å²) in [7, 11) is -3.59. The highest BCUT2D eigenvalue weighted by atomic mass is 32.2. The van der Waals surface area contributed by atoms with Gasteiger partial charge in [0.2, 0.25) is 15.9 Å². The van der Waals surface area contributed by atoms with E-state index in [9.17, 15) is 13.2 Å². The third kappa shape index (κ3) is 4.96. The van der Waals surface area contributed by atoms with E-state index in [1.54, 1.807) is 12.1 Å². The van der Waals surface area contributed by atoms with E-state index >= 15 is 0 Å². The number of amides is 1. The van der Waals surface area contributed by atoms with Crippen LogP contribution in [0.15, 0.2) is 58.6 Å². The number of hydrogen-bond donors (Lipinski definition) is 1. The summed E-state index contributed by atoms with van der Waals surface area (Å²) in [5, 5.41) is 13.1. The number of aromatic nitrogens is 3. The topological polar surface area (TPSA) is 106 Å². The Labute approximate surface area is 220 Å². The Bertz CT molecular complexity index is 1560. The third-order valence-electron chi connectivity index (χ3n) is 6.53. The van der Waals surface area contributed by atoms with Gasteiger partial charge in [0.1, 0.15) is 0 Å². The minimum Gasteiger partial charge on any atom is -0.379 e. The van der Waals surface area contributed by atoms with Gasteiger partial charge in [-0.15, -0.1) is 10.2 Å². The van der Waals surface area contributed by atoms with Gasteiger partial charge < -0.3 is 10.1 Å². The number of sulfonamides is 1. The van der Waals surface area contributed by atoms with Crippen molar-refractivity contribution in [1.82, 2.24) is 18.9 Å². The molecule has 1 amide bonds. The first kappa shape index (κ1) is 25.7. The second-order valence-electron chi connectivity index (χ2n) is 9.02. The van der Waals surface area contributed by atoms with Crippen molar-refractivity contribution in [2.75, 3.05) is 31.6 Å². The fourth-order valence-corrected chi connectivity index (χ4v) is 6.90. The molecule has 0 spiro atoms. The van der Waals surface area contributed by atoms with Crippen LogP contribution in [0.25, 0.3) is 16.6 Å². The van der Waals surface area contributed by atoms with Crippen molar-refractivity contribution in [1.29, 1.82) is 0 Å². The first-order valence-electron chi connectivity index (χ1n) is 12.2. The Morgan fingerprint density at radius 3 is 2.51 bits per heavy atom. The van der Waals surface area contributed by atoms with Gasteiger partial charge in [0.05, 0.1) is 28.9 Å². The lowest BCUT2D eigenvalue weighted by atomic mass is 10.1. The molecule has 2 aromatic heterocycles. The number of rotatable bonds is 7. The van der Waals surface area contributed by atoms with E-state index in [0.29, 0.717) is 43.6 Å². The molecular formula is C26H29N5O4S2. The monoisotopic (exact) mass is 539 g/mol. The van der Waals surface area contributed by atoms with E-state index in [-0.39, 0.29) is 10.8 Å². The maximum absolute atomic E-state index is 13.2. The van der Waals surface area contributed by atoms with E-state index < -0.39 is 15.3 Å². The summed E-state index contributed by atoms with van der Waals surface area (Å²) in [6, 6.07) is 14.5. The zero-order valence-corrected chi connectivity index (χ0v) is 22.6. The molecule has 1 N–H and O–H groups in total. The zero-order valence-electron chi connectivity index (χ0n) is 21.0. The van der Waals surface area contributed by atoms with Crippen molar-refractivity contribution >= 4 is 49.9 Å². The molecular weight excluding hydrogens is 510 g/mol.